The van der Waals surface area contributed by atoms with Crippen molar-refractivity contribution in [2.75, 3.05) is 7.11 Å². The van der Waals surface area contributed by atoms with E-state index in [0.29, 0.717) is 11.3 Å². The predicted octanol–water partition coefficient (Wildman–Crippen LogP) is 3.47. The van der Waals surface area contributed by atoms with Gasteiger partial charge < -0.3 is 14.6 Å². The summed E-state index contributed by atoms with van der Waals surface area (Å²) in [6.07, 6.45) is -0.514. The zero-order chi connectivity index (χ0) is 14.5. The molecule has 2 rings (SSSR count). The number of methoxy groups -OCH3 is 1. The van der Waals surface area contributed by atoms with Gasteiger partial charge in [0.05, 0.1) is 13.2 Å². The van der Waals surface area contributed by atoms with Crippen LogP contribution in [0.2, 0.25) is 0 Å². The standard InChI is InChI=1S/C16H17FO3/c1-11(18)12-6-8-14(9-7-12)20-10-13-4-3-5-15(19-2)16(13)17/h3-9,11,18H,10H2,1-2H3/t11-/m1/s1. The van der Waals surface area contributed by atoms with E-state index in [-0.39, 0.29) is 12.4 Å². The summed E-state index contributed by atoms with van der Waals surface area (Å²) in [5.41, 5.74) is 1.24. The molecule has 0 aliphatic heterocycles. The quantitative estimate of drug-likeness (QED) is 0.908. The van der Waals surface area contributed by atoms with Crippen LogP contribution in [0.1, 0.15) is 24.2 Å². The number of rotatable bonds is 5. The van der Waals surface area contributed by atoms with E-state index in [0.717, 1.165) is 5.56 Å². The van der Waals surface area contributed by atoms with E-state index in [2.05, 4.69) is 0 Å². The van der Waals surface area contributed by atoms with Gasteiger partial charge in [0, 0.05) is 5.56 Å². The molecule has 0 aromatic heterocycles. The van der Waals surface area contributed by atoms with E-state index in [4.69, 9.17) is 9.47 Å². The van der Waals surface area contributed by atoms with Gasteiger partial charge in [0.15, 0.2) is 11.6 Å². The molecule has 1 N–H and O–H groups in total. The first kappa shape index (κ1) is 14.3. The summed E-state index contributed by atoms with van der Waals surface area (Å²) in [6, 6.07) is 12.0. The lowest BCUT2D eigenvalue weighted by Crippen LogP contribution is -2.00. The van der Waals surface area contributed by atoms with Gasteiger partial charge in [0.25, 0.3) is 0 Å². The van der Waals surface area contributed by atoms with Crippen LogP contribution < -0.4 is 9.47 Å². The van der Waals surface area contributed by atoms with Gasteiger partial charge in [-0.1, -0.05) is 24.3 Å². The van der Waals surface area contributed by atoms with Crippen molar-refractivity contribution in [2.45, 2.75) is 19.6 Å². The first-order chi connectivity index (χ1) is 9.61. The Morgan fingerprint density at radius 3 is 2.45 bits per heavy atom. The average Bonchev–Trinajstić information content (AvgIpc) is 2.46. The van der Waals surface area contributed by atoms with Gasteiger partial charge in [-0.3, -0.25) is 0 Å². The fourth-order valence-corrected chi connectivity index (χ4v) is 1.83. The Morgan fingerprint density at radius 2 is 1.85 bits per heavy atom. The molecule has 0 fully saturated rings. The number of hydrogen-bond acceptors (Lipinski definition) is 3. The number of benzene rings is 2. The molecule has 1 atom stereocenters. The van der Waals surface area contributed by atoms with E-state index in [9.17, 15) is 9.50 Å². The third kappa shape index (κ3) is 3.27. The molecule has 2 aromatic rings. The second-order valence-electron chi connectivity index (χ2n) is 4.47. The Bertz CT molecular complexity index is 564. The molecular weight excluding hydrogens is 259 g/mol. The Kier molecular flexibility index (Phi) is 4.58. The van der Waals surface area contributed by atoms with Crippen molar-refractivity contribution < 1.29 is 19.0 Å². The smallest absolute Gasteiger partial charge is 0.171 e. The highest BCUT2D eigenvalue weighted by molar-refractivity contribution is 5.32. The first-order valence-electron chi connectivity index (χ1n) is 6.34. The molecule has 0 unspecified atom stereocenters. The van der Waals surface area contributed by atoms with Gasteiger partial charge in [-0.15, -0.1) is 0 Å². The lowest BCUT2D eigenvalue weighted by Gasteiger charge is -2.10. The highest BCUT2D eigenvalue weighted by atomic mass is 19.1. The molecule has 0 amide bonds. The number of aliphatic hydroxyl groups excluding tert-OH is 1. The molecule has 0 radical (unpaired) electrons. The number of aliphatic hydroxyl groups is 1. The van der Waals surface area contributed by atoms with Gasteiger partial charge in [-0.05, 0) is 30.7 Å². The van der Waals surface area contributed by atoms with Crippen molar-refractivity contribution in [3.05, 3.63) is 59.4 Å². The summed E-state index contributed by atoms with van der Waals surface area (Å²) in [6.45, 7) is 1.82. The zero-order valence-electron chi connectivity index (χ0n) is 11.5. The van der Waals surface area contributed by atoms with Crippen LogP contribution in [0.5, 0.6) is 11.5 Å². The molecule has 4 heteroatoms. The third-order valence-corrected chi connectivity index (χ3v) is 3.02. The lowest BCUT2D eigenvalue weighted by molar-refractivity contribution is 0.199. The predicted molar refractivity (Wildman–Crippen MR) is 74.4 cm³/mol. The first-order valence-corrected chi connectivity index (χ1v) is 6.34. The highest BCUT2D eigenvalue weighted by Crippen LogP contribution is 2.22. The monoisotopic (exact) mass is 276 g/mol. The lowest BCUT2D eigenvalue weighted by atomic mass is 10.1. The minimum Gasteiger partial charge on any atom is -0.494 e. The summed E-state index contributed by atoms with van der Waals surface area (Å²) in [4.78, 5) is 0. The van der Waals surface area contributed by atoms with E-state index < -0.39 is 11.9 Å². The van der Waals surface area contributed by atoms with Crippen molar-refractivity contribution in [1.82, 2.24) is 0 Å². The van der Waals surface area contributed by atoms with Gasteiger partial charge >= 0.3 is 0 Å². The average molecular weight is 276 g/mol. The van der Waals surface area contributed by atoms with E-state index in [1.807, 2.05) is 0 Å². The van der Waals surface area contributed by atoms with Crippen LogP contribution in [-0.4, -0.2) is 12.2 Å². The molecule has 106 valence electrons. The molecule has 0 aliphatic rings. The topological polar surface area (TPSA) is 38.7 Å². The van der Waals surface area contributed by atoms with Crippen LogP contribution >= 0.6 is 0 Å². The Balaban J connectivity index is 2.05. The Hall–Kier alpha value is -2.07. The molecule has 0 aliphatic carbocycles. The molecule has 0 saturated carbocycles. The molecule has 20 heavy (non-hydrogen) atoms. The fraction of sp³-hybridized carbons (Fsp3) is 0.250. The van der Waals surface area contributed by atoms with Crippen molar-refractivity contribution >= 4 is 0 Å². The van der Waals surface area contributed by atoms with E-state index in [1.165, 1.54) is 7.11 Å². The van der Waals surface area contributed by atoms with Crippen LogP contribution in [0.3, 0.4) is 0 Å². The Morgan fingerprint density at radius 1 is 1.15 bits per heavy atom. The zero-order valence-corrected chi connectivity index (χ0v) is 11.5. The normalized spacial score (nSPS) is 12.0. The summed E-state index contributed by atoms with van der Waals surface area (Å²) in [5, 5.41) is 9.41. The summed E-state index contributed by atoms with van der Waals surface area (Å²) < 4.78 is 24.4. The largest absolute Gasteiger partial charge is 0.494 e. The van der Waals surface area contributed by atoms with Gasteiger partial charge in [0.1, 0.15) is 12.4 Å². The van der Waals surface area contributed by atoms with Gasteiger partial charge in [0.2, 0.25) is 0 Å². The van der Waals surface area contributed by atoms with E-state index >= 15 is 0 Å². The van der Waals surface area contributed by atoms with E-state index in [1.54, 1.807) is 49.4 Å². The van der Waals surface area contributed by atoms with Gasteiger partial charge in [-0.2, -0.15) is 0 Å². The third-order valence-electron chi connectivity index (χ3n) is 3.02. The highest BCUT2D eigenvalue weighted by Gasteiger charge is 2.09. The molecule has 3 nitrogen and oxygen atoms in total. The maximum absolute atomic E-state index is 13.9. The van der Waals surface area contributed by atoms with Crippen LogP contribution in [0, 0.1) is 5.82 Å². The summed E-state index contributed by atoms with van der Waals surface area (Å²) in [5.74, 6) is 0.419. The second-order valence-corrected chi connectivity index (χ2v) is 4.47. The van der Waals surface area contributed by atoms with Crippen molar-refractivity contribution in [3.8, 4) is 11.5 Å². The minimum atomic E-state index is -0.514. The number of hydrogen-bond donors (Lipinski definition) is 1. The second kappa shape index (κ2) is 6.39. The van der Waals surface area contributed by atoms with Crippen molar-refractivity contribution in [1.29, 1.82) is 0 Å². The number of ether oxygens (including phenoxy) is 2. The van der Waals surface area contributed by atoms with Crippen molar-refractivity contribution in [3.63, 3.8) is 0 Å². The SMILES string of the molecule is COc1cccc(COc2ccc([C@@H](C)O)cc2)c1F. The molecule has 0 bridgehead atoms. The summed E-state index contributed by atoms with van der Waals surface area (Å²) >= 11 is 0. The molecule has 0 spiro atoms. The van der Waals surface area contributed by atoms with Crippen molar-refractivity contribution in [2.24, 2.45) is 0 Å². The number of halogens is 1. The Labute approximate surface area is 117 Å². The molecule has 0 saturated heterocycles. The maximum Gasteiger partial charge on any atom is 0.171 e. The van der Waals surface area contributed by atoms with Gasteiger partial charge in [-0.25, -0.2) is 4.39 Å². The molecular formula is C16H17FO3. The van der Waals surface area contributed by atoms with Crippen LogP contribution in [0.15, 0.2) is 42.5 Å². The van der Waals surface area contributed by atoms with Crippen LogP contribution in [-0.2, 0) is 6.61 Å². The minimum absolute atomic E-state index is 0.122. The molecule has 0 heterocycles. The maximum atomic E-state index is 13.9. The summed E-state index contributed by atoms with van der Waals surface area (Å²) in [7, 11) is 1.43. The van der Waals surface area contributed by atoms with Crippen LogP contribution in [0.25, 0.3) is 0 Å². The molecule has 2 aromatic carbocycles. The van der Waals surface area contributed by atoms with Crippen LogP contribution in [0.4, 0.5) is 4.39 Å². The fourth-order valence-electron chi connectivity index (χ4n) is 1.83.